The fourth-order valence-electron chi connectivity index (χ4n) is 2.59. The Hall–Kier alpha value is -3.14. The summed E-state index contributed by atoms with van der Waals surface area (Å²) in [4.78, 5) is 25.9. The van der Waals surface area contributed by atoms with Gasteiger partial charge in [-0.05, 0) is 55.3 Å². The molecule has 0 aromatic heterocycles. The third kappa shape index (κ3) is 5.42. The summed E-state index contributed by atoms with van der Waals surface area (Å²) in [6, 6.07) is 12.6. The predicted molar refractivity (Wildman–Crippen MR) is 109 cm³/mol. The van der Waals surface area contributed by atoms with E-state index >= 15 is 0 Å². The van der Waals surface area contributed by atoms with E-state index in [4.69, 9.17) is 4.74 Å². The third-order valence-corrected chi connectivity index (χ3v) is 4.12. The second kappa shape index (κ2) is 9.53. The molecule has 27 heavy (non-hydrogen) atoms. The Morgan fingerprint density at radius 1 is 1.04 bits per heavy atom. The molecule has 2 aromatic rings. The lowest BCUT2D eigenvalue weighted by atomic mass is 10.0. The number of methoxy groups -OCH3 is 1. The van der Waals surface area contributed by atoms with Gasteiger partial charge in [0.2, 0.25) is 0 Å². The lowest BCUT2D eigenvalue weighted by Gasteiger charge is -2.10. The summed E-state index contributed by atoms with van der Waals surface area (Å²) in [7, 11) is 5.00. The number of rotatable bonds is 7. The topological polar surface area (TPSA) is 46.6 Å². The number of ketones is 1. The van der Waals surface area contributed by atoms with Crippen molar-refractivity contribution in [2.24, 2.45) is 0 Å². The number of hydrogen-bond acceptors (Lipinski definition) is 3. The highest BCUT2D eigenvalue weighted by Gasteiger charge is 2.09. The molecule has 0 aliphatic rings. The molecule has 0 aliphatic carbocycles. The Bertz CT molecular complexity index is 862. The number of hydrogen-bond donors (Lipinski definition) is 0. The third-order valence-electron chi connectivity index (χ3n) is 4.12. The summed E-state index contributed by atoms with van der Waals surface area (Å²) in [5.41, 5.74) is 3.09. The minimum atomic E-state index is -0.125. The summed E-state index contributed by atoms with van der Waals surface area (Å²) in [5.74, 6) is 0.502. The molecule has 0 bridgehead atoms. The smallest absolute Gasteiger partial charge is 0.253 e. The van der Waals surface area contributed by atoms with Crippen LogP contribution in [0.4, 0.5) is 0 Å². The molecule has 0 heterocycles. The fraction of sp³-hybridized carbons (Fsp3) is 0.217. The van der Waals surface area contributed by atoms with Gasteiger partial charge in [-0.15, -0.1) is 0 Å². The number of amides is 1. The monoisotopic (exact) mass is 363 g/mol. The van der Waals surface area contributed by atoms with E-state index in [9.17, 15) is 9.59 Å². The molecule has 4 heteroatoms. The van der Waals surface area contributed by atoms with Crippen LogP contribution < -0.4 is 4.74 Å². The van der Waals surface area contributed by atoms with Gasteiger partial charge in [0.1, 0.15) is 5.75 Å². The largest absolute Gasteiger partial charge is 0.496 e. The first-order valence-electron chi connectivity index (χ1n) is 8.78. The number of carbonyl (C=O) groups excluding carboxylic acids is 2. The molecule has 0 fully saturated rings. The van der Waals surface area contributed by atoms with Crippen LogP contribution in [-0.2, 0) is 6.42 Å². The van der Waals surface area contributed by atoms with Gasteiger partial charge in [0.25, 0.3) is 5.91 Å². The quantitative estimate of drug-likeness (QED) is 0.416. The van der Waals surface area contributed by atoms with Crippen molar-refractivity contribution in [3.8, 4) is 5.75 Å². The van der Waals surface area contributed by atoms with Crippen LogP contribution in [0, 0.1) is 0 Å². The van der Waals surface area contributed by atoms with E-state index in [1.807, 2.05) is 31.2 Å². The Morgan fingerprint density at radius 2 is 1.70 bits per heavy atom. The molecule has 2 rings (SSSR count). The number of allylic oxidation sites excluding steroid dienone is 3. The molecule has 0 aliphatic heterocycles. The van der Waals surface area contributed by atoms with Crippen LogP contribution in [0.25, 0.3) is 6.08 Å². The Kier molecular flexibility index (Phi) is 7.12. The van der Waals surface area contributed by atoms with Crippen LogP contribution >= 0.6 is 0 Å². The van der Waals surface area contributed by atoms with Crippen molar-refractivity contribution in [3.05, 3.63) is 82.9 Å². The lowest BCUT2D eigenvalue weighted by Crippen LogP contribution is -2.21. The van der Waals surface area contributed by atoms with E-state index in [2.05, 4.69) is 6.08 Å². The van der Waals surface area contributed by atoms with Gasteiger partial charge in [0.15, 0.2) is 5.78 Å². The zero-order chi connectivity index (χ0) is 19.8. The first-order chi connectivity index (χ1) is 13.0. The highest BCUT2D eigenvalue weighted by atomic mass is 16.5. The number of carbonyl (C=O) groups is 2. The Morgan fingerprint density at radius 3 is 2.30 bits per heavy atom. The molecule has 1 amide bonds. The highest BCUT2D eigenvalue weighted by Crippen LogP contribution is 2.22. The summed E-state index contributed by atoms with van der Waals surface area (Å²) in [6.07, 6.45) is 8.21. The van der Waals surface area contributed by atoms with Gasteiger partial charge < -0.3 is 9.64 Å². The van der Waals surface area contributed by atoms with Gasteiger partial charge >= 0.3 is 0 Å². The van der Waals surface area contributed by atoms with Crippen molar-refractivity contribution in [3.63, 3.8) is 0 Å². The first kappa shape index (κ1) is 20.2. The van der Waals surface area contributed by atoms with Gasteiger partial charge in [-0.25, -0.2) is 0 Å². The highest BCUT2D eigenvalue weighted by molar-refractivity contribution is 6.07. The molecule has 0 spiro atoms. The van der Waals surface area contributed by atoms with Crippen molar-refractivity contribution in [2.75, 3.05) is 21.2 Å². The van der Waals surface area contributed by atoms with Crippen LogP contribution in [0.2, 0.25) is 0 Å². The fourth-order valence-corrected chi connectivity index (χ4v) is 2.59. The molecule has 0 N–H and O–H groups in total. The second-order valence-electron chi connectivity index (χ2n) is 6.32. The normalized spacial score (nSPS) is 11.1. The molecule has 140 valence electrons. The van der Waals surface area contributed by atoms with Gasteiger partial charge in [0, 0.05) is 30.8 Å². The van der Waals surface area contributed by atoms with Crippen molar-refractivity contribution >= 4 is 17.8 Å². The summed E-state index contributed by atoms with van der Waals surface area (Å²) < 4.78 is 5.38. The van der Waals surface area contributed by atoms with Crippen molar-refractivity contribution < 1.29 is 14.3 Å². The van der Waals surface area contributed by atoms with Crippen LogP contribution in [0.15, 0.2) is 60.7 Å². The first-order valence-corrected chi connectivity index (χ1v) is 8.78. The molecule has 4 nitrogen and oxygen atoms in total. The van der Waals surface area contributed by atoms with Gasteiger partial charge in [-0.2, -0.15) is 0 Å². The SMILES string of the molecule is C/C=C/Cc1ccc(OC)c(/C=C/C(=O)c2ccc(C(=O)N(C)C)cc2)c1. The van der Waals surface area contributed by atoms with E-state index < -0.39 is 0 Å². The van der Waals surface area contributed by atoms with Crippen LogP contribution in [-0.4, -0.2) is 37.8 Å². The molecule has 0 saturated carbocycles. The van der Waals surface area contributed by atoms with E-state index in [-0.39, 0.29) is 11.7 Å². The van der Waals surface area contributed by atoms with Gasteiger partial charge in [-0.3, -0.25) is 9.59 Å². The zero-order valence-corrected chi connectivity index (χ0v) is 16.2. The van der Waals surface area contributed by atoms with Gasteiger partial charge in [-0.1, -0.05) is 30.4 Å². The van der Waals surface area contributed by atoms with Crippen molar-refractivity contribution in [1.29, 1.82) is 0 Å². The van der Waals surface area contributed by atoms with E-state index in [1.165, 1.54) is 11.0 Å². The standard InChI is InChI=1S/C23H25NO3/c1-5-6-7-17-8-15-22(27-4)20(16-17)13-14-21(25)18-9-11-19(12-10-18)23(26)24(2)3/h5-6,8-16H,7H2,1-4H3/b6-5+,14-13+. The Labute approximate surface area is 160 Å². The molecular weight excluding hydrogens is 338 g/mol. The summed E-state index contributed by atoms with van der Waals surface area (Å²) >= 11 is 0. The maximum Gasteiger partial charge on any atom is 0.253 e. The number of ether oxygens (including phenoxy) is 1. The van der Waals surface area contributed by atoms with Crippen molar-refractivity contribution in [1.82, 2.24) is 4.90 Å². The second-order valence-corrected chi connectivity index (χ2v) is 6.32. The zero-order valence-electron chi connectivity index (χ0n) is 16.2. The van der Waals surface area contributed by atoms with E-state index in [0.717, 1.165) is 23.3 Å². The minimum Gasteiger partial charge on any atom is -0.496 e. The van der Waals surface area contributed by atoms with Crippen molar-refractivity contribution in [2.45, 2.75) is 13.3 Å². The molecule has 2 aromatic carbocycles. The van der Waals surface area contributed by atoms with Crippen LogP contribution in [0.1, 0.15) is 38.8 Å². The summed E-state index contributed by atoms with van der Waals surface area (Å²) in [6.45, 7) is 1.99. The average molecular weight is 363 g/mol. The van der Waals surface area contributed by atoms with Crippen LogP contribution in [0.5, 0.6) is 5.75 Å². The van der Waals surface area contributed by atoms with E-state index in [1.54, 1.807) is 51.5 Å². The van der Waals surface area contributed by atoms with Gasteiger partial charge in [0.05, 0.1) is 7.11 Å². The molecule has 0 unspecified atom stereocenters. The molecule has 0 saturated heterocycles. The predicted octanol–water partition coefficient (Wildman–Crippen LogP) is 4.41. The maximum absolute atomic E-state index is 12.5. The molecular formula is C23H25NO3. The Balaban J connectivity index is 2.19. The average Bonchev–Trinajstić information content (AvgIpc) is 2.69. The minimum absolute atomic E-state index is 0.0905. The molecule has 0 atom stereocenters. The lowest BCUT2D eigenvalue weighted by molar-refractivity contribution is 0.0827. The summed E-state index contributed by atoms with van der Waals surface area (Å²) in [5, 5.41) is 0. The number of benzene rings is 2. The number of nitrogens with zero attached hydrogens (tertiary/aromatic N) is 1. The van der Waals surface area contributed by atoms with Crippen LogP contribution in [0.3, 0.4) is 0 Å². The molecule has 0 radical (unpaired) electrons. The van der Waals surface area contributed by atoms with E-state index in [0.29, 0.717) is 11.1 Å². The maximum atomic E-state index is 12.5.